The first-order valence-electron chi connectivity index (χ1n) is 4.78. The molecule has 0 unspecified atom stereocenters. The number of alkyl halides is 3. The minimum atomic E-state index is -4.47. The summed E-state index contributed by atoms with van der Waals surface area (Å²) in [6.45, 7) is 0. The second-order valence-electron chi connectivity index (χ2n) is 3.46. The van der Waals surface area contributed by atoms with Gasteiger partial charge < -0.3 is 5.73 Å². The largest absolute Gasteiger partial charge is 0.416 e. The van der Waals surface area contributed by atoms with Gasteiger partial charge in [0.15, 0.2) is 5.69 Å². The van der Waals surface area contributed by atoms with Crippen LogP contribution in [-0.2, 0) is 6.18 Å². The van der Waals surface area contributed by atoms with Crippen molar-refractivity contribution in [2.45, 2.75) is 6.18 Å². The molecule has 0 saturated carbocycles. The van der Waals surface area contributed by atoms with Gasteiger partial charge in [0.25, 0.3) is 5.91 Å². The van der Waals surface area contributed by atoms with Crippen LogP contribution in [0.2, 0.25) is 0 Å². The van der Waals surface area contributed by atoms with Crippen molar-refractivity contribution >= 4 is 5.91 Å². The third-order valence-electron chi connectivity index (χ3n) is 2.24. The van der Waals surface area contributed by atoms with E-state index in [0.717, 1.165) is 12.1 Å². The zero-order chi connectivity index (χ0) is 13.3. The van der Waals surface area contributed by atoms with E-state index in [1.807, 2.05) is 0 Å². The van der Waals surface area contributed by atoms with Gasteiger partial charge in [0, 0.05) is 5.56 Å². The minimum absolute atomic E-state index is 0.00593. The number of H-pyrrole nitrogens is 1. The molecule has 1 aromatic carbocycles. The van der Waals surface area contributed by atoms with Gasteiger partial charge in [-0.2, -0.15) is 28.6 Å². The number of carbonyl (C=O) groups is 1. The van der Waals surface area contributed by atoms with E-state index in [2.05, 4.69) is 15.4 Å². The molecule has 94 valence electrons. The fraction of sp³-hybridized carbons (Fsp3) is 0.100. The molecular formula is C10H7F3N4O. The van der Waals surface area contributed by atoms with Gasteiger partial charge in [-0.1, -0.05) is 12.1 Å². The van der Waals surface area contributed by atoms with E-state index in [4.69, 9.17) is 5.73 Å². The molecule has 2 rings (SSSR count). The van der Waals surface area contributed by atoms with E-state index in [1.54, 1.807) is 0 Å². The topological polar surface area (TPSA) is 84.7 Å². The fourth-order valence-corrected chi connectivity index (χ4v) is 1.45. The number of nitrogens with zero attached hydrogens (tertiary/aromatic N) is 2. The van der Waals surface area contributed by atoms with Gasteiger partial charge in [-0.25, -0.2) is 0 Å². The normalized spacial score (nSPS) is 11.5. The first-order valence-corrected chi connectivity index (χ1v) is 4.78. The Morgan fingerprint density at radius 2 is 2.00 bits per heavy atom. The fourth-order valence-electron chi connectivity index (χ4n) is 1.45. The smallest absolute Gasteiger partial charge is 0.364 e. The second kappa shape index (κ2) is 4.13. The number of aromatic nitrogens is 3. The number of rotatable bonds is 2. The lowest BCUT2D eigenvalue weighted by Crippen LogP contribution is -2.13. The van der Waals surface area contributed by atoms with Crippen LogP contribution in [0.15, 0.2) is 24.3 Å². The van der Waals surface area contributed by atoms with Crippen molar-refractivity contribution in [1.29, 1.82) is 0 Å². The van der Waals surface area contributed by atoms with Crippen LogP contribution in [0, 0.1) is 0 Å². The highest BCUT2D eigenvalue weighted by Gasteiger charge is 2.31. The molecule has 1 aromatic heterocycles. The highest BCUT2D eigenvalue weighted by atomic mass is 19.4. The standard InChI is InChI=1S/C10H7F3N4O/c11-10(12,13)6-3-1-2-5(4-6)7-8(9(14)18)16-17-15-7/h1-4H,(H2,14,18)(H,15,16,17). The van der Waals surface area contributed by atoms with Crippen LogP contribution in [-0.4, -0.2) is 21.3 Å². The number of amides is 1. The Kier molecular flexibility index (Phi) is 2.77. The third kappa shape index (κ3) is 2.17. The molecule has 8 heteroatoms. The Morgan fingerprint density at radius 3 is 2.61 bits per heavy atom. The first kappa shape index (κ1) is 12.1. The number of hydrogen-bond acceptors (Lipinski definition) is 3. The molecule has 2 aromatic rings. The summed E-state index contributed by atoms with van der Waals surface area (Å²) >= 11 is 0. The van der Waals surface area contributed by atoms with Crippen LogP contribution < -0.4 is 5.73 Å². The molecule has 0 aliphatic carbocycles. The van der Waals surface area contributed by atoms with Crippen LogP contribution in [0.3, 0.4) is 0 Å². The summed E-state index contributed by atoms with van der Waals surface area (Å²) in [7, 11) is 0. The summed E-state index contributed by atoms with van der Waals surface area (Å²) in [6, 6.07) is 4.41. The average molecular weight is 256 g/mol. The van der Waals surface area contributed by atoms with Crippen molar-refractivity contribution in [2.75, 3.05) is 0 Å². The van der Waals surface area contributed by atoms with Crippen molar-refractivity contribution in [1.82, 2.24) is 15.4 Å². The number of carbonyl (C=O) groups excluding carboxylic acids is 1. The molecule has 0 spiro atoms. The summed E-state index contributed by atoms with van der Waals surface area (Å²) in [5, 5.41) is 9.27. The van der Waals surface area contributed by atoms with Gasteiger partial charge in [-0.05, 0) is 12.1 Å². The highest BCUT2D eigenvalue weighted by molar-refractivity contribution is 5.96. The number of halogens is 3. The Balaban J connectivity index is 2.52. The average Bonchev–Trinajstić information content (AvgIpc) is 2.77. The second-order valence-corrected chi connectivity index (χ2v) is 3.46. The minimum Gasteiger partial charge on any atom is -0.364 e. The zero-order valence-corrected chi connectivity index (χ0v) is 8.82. The van der Waals surface area contributed by atoms with Gasteiger partial charge in [0.05, 0.1) is 5.56 Å². The molecule has 3 N–H and O–H groups in total. The van der Waals surface area contributed by atoms with Crippen LogP contribution in [0.1, 0.15) is 16.1 Å². The number of benzene rings is 1. The van der Waals surface area contributed by atoms with Crippen molar-refractivity contribution in [2.24, 2.45) is 5.73 Å². The third-order valence-corrected chi connectivity index (χ3v) is 2.24. The summed E-state index contributed by atoms with van der Waals surface area (Å²) in [5.41, 5.74) is 4.11. The molecule has 5 nitrogen and oxygen atoms in total. The lowest BCUT2D eigenvalue weighted by atomic mass is 10.1. The number of primary amides is 1. The van der Waals surface area contributed by atoms with Crippen molar-refractivity contribution < 1.29 is 18.0 Å². The number of nitrogens with two attached hydrogens (primary N) is 1. The van der Waals surface area contributed by atoms with E-state index in [1.165, 1.54) is 12.1 Å². The molecule has 1 amide bonds. The Bertz CT molecular complexity index is 591. The van der Waals surface area contributed by atoms with Gasteiger partial charge in [0.1, 0.15) is 5.69 Å². The lowest BCUT2D eigenvalue weighted by Gasteiger charge is -2.07. The first-order chi connectivity index (χ1) is 8.39. The Labute approximate surface area is 98.8 Å². The predicted octanol–water partition coefficient (Wildman–Crippen LogP) is 1.59. The maximum Gasteiger partial charge on any atom is 0.416 e. The molecule has 0 radical (unpaired) electrons. The van der Waals surface area contributed by atoms with Gasteiger partial charge in [-0.15, -0.1) is 0 Å². The van der Waals surface area contributed by atoms with Crippen molar-refractivity contribution in [3.05, 3.63) is 35.5 Å². The molecular weight excluding hydrogens is 249 g/mol. The lowest BCUT2D eigenvalue weighted by molar-refractivity contribution is -0.137. The van der Waals surface area contributed by atoms with Crippen LogP contribution >= 0.6 is 0 Å². The molecule has 0 aliphatic rings. The number of nitrogens with one attached hydrogen (secondary N) is 1. The van der Waals surface area contributed by atoms with Crippen molar-refractivity contribution in [3.8, 4) is 11.3 Å². The van der Waals surface area contributed by atoms with Gasteiger partial charge in [0.2, 0.25) is 0 Å². The predicted molar refractivity (Wildman–Crippen MR) is 55.3 cm³/mol. The summed E-state index contributed by atoms with van der Waals surface area (Å²) < 4.78 is 37.6. The van der Waals surface area contributed by atoms with Crippen LogP contribution in [0.5, 0.6) is 0 Å². The molecule has 0 aliphatic heterocycles. The summed E-state index contributed by atoms with van der Waals surface area (Å²) in [6.07, 6.45) is -4.47. The Morgan fingerprint density at radius 1 is 1.28 bits per heavy atom. The van der Waals surface area contributed by atoms with Crippen LogP contribution in [0.25, 0.3) is 11.3 Å². The van der Waals surface area contributed by atoms with E-state index in [-0.39, 0.29) is 17.0 Å². The monoisotopic (exact) mass is 256 g/mol. The highest BCUT2D eigenvalue weighted by Crippen LogP contribution is 2.32. The van der Waals surface area contributed by atoms with Crippen LogP contribution in [0.4, 0.5) is 13.2 Å². The summed E-state index contributed by atoms with van der Waals surface area (Å²) in [5.74, 6) is -0.865. The quantitative estimate of drug-likeness (QED) is 0.855. The molecule has 1 heterocycles. The van der Waals surface area contributed by atoms with Crippen molar-refractivity contribution in [3.63, 3.8) is 0 Å². The Hall–Kier alpha value is -2.38. The number of hydrogen-bond donors (Lipinski definition) is 2. The molecule has 18 heavy (non-hydrogen) atoms. The molecule has 0 fully saturated rings. The van der Waals surface area contributed by atoms with Gasteiger partial charge in [-0.3, -0.25) is 4.79 Å². The maximum absolute atomic E-state index is 12.5. The zero-order valence-electron chi connectivity index (χ0n) is 8.82. The summed E-state index contributed by atoms with van der Waals surface area (Å²) in [4.78, 5) is 11.0. The SMILES string of the molecule is NC(=O)c1n[nH]nc1-c1cccc(C(F)(F)F)c1. The number of aromatic amines is 1. The maximum atomic E-state index is 12.5. The van der Waals surface area contributed by atoms with E-state index < -0.39 is 17.6 Å². The van der Waals surface area contributed by atoms with Gasteiger partial charge >= 0.3 is 6.18 Å². The van der Waals surface area contributed by atoms with E-state index >= 15 is 0 Å². The van der Waals surface area contributed by atoms with E-state index in [9.17, 15) is 18.0 Å². The van der Waals surface area contributed by atoms with E-state index in [0.29, 0.717) is 0 Å². The molecule has 0 atom stereocenters. The molecule has 0 saturated heterocycles. The molecule has 0 bridgehead atoms.